The molecule has 2 saturated heterocycles. The van der Waals surface area contributed by atoms with Gasteiger partial charge in [0.05, 0.1) is 6.04 Å². The zero-order chi connectivity index (χ0) is 29.6. The van der Waals surface area contributed by atoms with Gasteiger partial charge in [0.1, 0.15) is 12.6 Å². The largest absolute Gasteiger partial charge is 0.389 e. The van der Waals surface area contributed by atoms with Gasteiger partial charge in [-0.25, -0.2) is 0 Å². The highest BCUT2D eigenvalue weighted by atomic mass is 16.3. The molecule has 0 aromatic heterocycles. The SMILES string of the molecule is CC(=O)NC1(C(=O)N2CC3CCCC3C2C(=O)NC(CC2CCNC2=O)C(=O)CO)c2ccccc2-c2ccccc21. The first-order valence-corrected chi connectivity index (χ1v) is 14.8. The van der Waals surface area contributed by atoms with Crippen molar-refractivity contribution in [3.05, 3.63) is 59.7 Å². The van der Waals surface area contributed by atoms with E-state index in [0.717, 1.165) is 30.4 Å². The maximum atomic E-state index is 14.9. The highest BCUT2D eigenvalue weighted by Crippen LogP contribution is 2.51. The van der Waals surface area contributed by atoms with Crippen LogP contribution in [0.3, 0.4) is 0 Å². The highest BCUT2D eigenvalue weighted by molar-refractivity contribution is 6.04. The number of carbonyl (C=O) groups excluding carboxylic acids is 5. The zero-order valence-electron chi connectivity index (χ0n) is 23.6. The van der Waals surface area contributed by atoms with E-state index in [-0.39, 0.29) is 36.0 Å². The Balaban J connectivity index is 1.38. The molecular weight excluding hydrogens is 536 g/mol. The van der Waals surface area contributed by atoms with Gasteiger partial charge in [-0.2, -0.15) is 0 Å². The number of carbonyl (C=O) groups is 5. The summed E-state index contributed by atoms with van der Waals surface area (Å²) in [5.74, 6) is -2.42. The molecule has 42 heavy (non-hydrogen) atoms. The van der Waals surface area contributed by atoms with Crippen LogP contribution in [0.1, 0.15) is 50.2 Å². The fourth-order valence-corrected chi connectivity index (χ4v) is 7.78. The van der Waals surface area contributed by atoms with Crippen LogP contribution in [0.4, 0.5) is 0 Å². The van der Waals surface area contributed by atoms with E-state index in [4.69, 9.17) is 0 Å². The van der Waals surface area contributed by atoms with Crippen molar-refractivity contribution >= 4 is 29.4 Å². The lowest BCUT2D eigenvalue weighted by molar-refractivity contribution is -0.146. The summed E-state index contributed by atoms with van der Waals surface area (Å²) in [7, 11) is 0. The average Bonchev–Trinajstić information content (AvgIpc) is 3.75. The minimum atomic E-state index is -1.52. The number of rotatable bonds is 8. The molecule has 10 nitrogen and oxygen atoms in total. The minimum absolute atomic E-state index is 0.0856. The van der Waals surface area contributed by atoms with Crippen molar-refractivity contribution < 1.29 is 29.1 Å². The van der Waals surface area contributed by atoms with Gasteiger partial charge < -0.3 is 26.0 Å². The Labute approximate surface area is 244 Å². The lowest BCUT2D eigenvalue weighted by atomic mass is 9.85. The monoisotopic (exact) mass is 572 g/mol. The number of aliphatic hydroxyl groups is 1. The molecular formula is C32H36N4O6. The summed E-state index contributed by atoms with van der Waals surface area (Å²) in [6.45, 7) is 1.47. The van der Waals surface area contributed by atoms with Gasteiger partial charge >= 0.3 is 0 Å². The fraction of sp³-hybridized carbons (Fsp3) is 0.469. The molecule has 2 aromatic carbocycles. The van der Waals surface area contributed by atoms with Gasteiger partial charge in [-0.05, 0) is 59.8 Å². The highest BCUT2D eigenvalue weighted by Gasteiger charge is 2.58. The molecule has 10 heteroatoms. The van der Waals surface area contributed by atoms with E-state index in [1.165, 1.54) is 6.92 Å². The summed E-state index contributed by atoms with van der Waals surface area (Å²) in [5, 5.41) is 18.2. The number of likely N-dealkylation sites (tertiary alicyclic amines) is 1. The number of nitrogens with zero attached hydrogens (tertiary/aromatic N) is 1. The summed E-state index contributed by atoms with van der Waals surface area (Å²) in [6, 6.07) is 13.1. The van der Waals surface area contributed by atoms with Crippen molar-refractivity contribution in [2.45, 2.75) is 56.7 Å². The lowest BCUT2D eigenvalue weighted by Crippen LogP contribution is -2.61. The second-order valence-corrected chi connectivity index (χ2v) is 12.0. The van der Waals surface area contributed by atoms with E-state index in [0.29, 0.717) is 30.6 Å². The minimum Gasteiger partial charge on any atom is -0.389 e. The maximum absolute atomic E-state index is 14.9. The third-order valence-corrected chi connectivity index (χ3v) is 9.60. The van der Waals surface area contributed by atoms with Gasteiger partial charge in [0.25, 0.3) is 5.91 Å². The van der Waals surface area contributed by atoms with Gasteiger partial charge in [0, 0.05) is 25.9 Å². The van der Waals surface area contributed by atoms with Crippen molar-refractivity contribution in [2.24, 2.45) is 17.8 Å². The lowest BCUT2D eigenvalue weighted by Gasteiger charge is -2.38. The summed E-state index contributed by atoms with van der Waals surface area (Å²) in [5.41, 5.74) is 1.49. The van der Waals surface area contributed by atoms with Crippen LogP contribution in [0.5, 0.6) is 0 Å². The number of Topliss-reactive ketones (excluding diaryl/α,β-unsaturated/α-hetero) is 1. The van der Waals surface area contributed by atoms with Crippen molar-refractivity contribution in [3.63, 3.8) is 0 Å². The van der Waals surface area contributed by atoms with Crippen LogP contribution in [-0.2, 0) is 29.5 Å². The Morgan fingerprint density at radius 1 is 1.02 bits per heavy atom. The van der Waals surface area contributed by atoms with Crippen molar-refractivity contribution in [1.82, 2.24) is 20.9 Å². The predicted octanol–water partition coefficient (Wildman–Crippen LogP) is 1.25. The molecule has 1 saturated carbocycles. The number of nitrogens with one attached hydrogen (secondary N) is 3. The first-order chi connectivity index (χ1) is 20.3. The molecule has 4 aliphatic rings. The topological polar surface area (TPSA) is 145 Å². The van der Waals surface area contributed by atoms with Crippen LogP contribution in [0.25, 0.3) is 11.1 Å². The molecule has 0 bridgehead atoms. The molecule has 6 rings (SSSR count). The Kier molecular flexibility index (Phi) is 7.34. The van der Waals surface area contributed by atoms with Crippen LogP contribution in [0.2, 0.25) is 0 Å². The van der Waals surface area contributed by atoms with E-state index < -0.39 is 41.8 Å². The molecule has 2 aliphatic carbocycles. The van der Waals surface area contributed by atoms with E-state index in [1.807, 2.05) is 48.5 Å². The zero-order valence-corrected chi connectivity index (χ0v) is 23.6. The maximum Gasteiger partial charge on any atom is 0.258 e. The Hall–Kier alpha value is -4.05. The number of fused-ring (bicyclic) bond motifs is 4. The van der Waals surface area contributed by atoms with Crippen LogP contribution in [0, 0.1) is 17.8 Å². The summed E-state index contributed by atoms with van der Waals surface area (Å²) in [6.07, 6.45) is 3.20. The van der Waals surface area contributed by atoms with Crippen LogP contribution >= 0.6 is 0 Å². The van der Waals surface area contributed by atoms with Crippen LogP contribution in [-0.4, -0.2) is 71.2 Å². The summed E-state index contributed by atoms with van der Waals surface area (Å²) >= 11 is 0. The van der Waals surface area contributed by atoms with Crippen molar-refractivity contribution in [3.8, 4) is 11.1 Å². The van der Waals surface area contributed by atoms with Gasteiger partial charge in [-0.15, -0.1) is 0 Å². The first-order valence-electron chi connectivity index (χ1n) is 14.8. The van der Waals surface area contributed by atoms with E-state index in [2.05, 4.69) is 16.0 Å². The number of hydrogen-bond acceptors (Lipinski definition) is 6. The molecule has 5 atom stereocenters. The Morgan fingerprint density at radius 2 is 1.69 bits per heavy atom. The smallest absolute Gasteiger partial charge is 0.258 e. The molecule has 5 unspecified atom stereocenters. The third-order valence-electron chi connectivity index (χ3n) is 9.60. The normalized spacial score (nSPS) is 25.7. The van der Waals surface area contributed by atoms with Crippen molar-refractivity contribution in [2.75, 3.05) is 19.7 Å². The second kappa shape index (κ2) is 11.0. The molecule has 4 N–H and O–H groups in total. The van der Waals surface area contributed by atoms with Crippen molar-refractivity contribution in [1.29, 1.82) is 0 Å². The molecule has 4 amide bonds. The van der Waals surface area contributed by atoms with Gasteiger partial charge in [-0.3, -0.25) is 24.0 Å². The van der Waals surface area contributed by atoms with Gasteiger partial charge in [0.2, 0.25) is 17.7 Å². The average molecular weight is 573 g/mol. The molecule has 2 heterocycles. The molecule has 220 valence electrons. The Morgan fingerprint density at radius 3 is 2.29 bits per heavy atom. The standard InChI is InChI=1S/C32H36N4O6/c1-18(38)35-32(24-11-4-2-8-22(24)23-9-3-5-12-25(23)32)31(42)36-16-20-7-6-10-21(20)28(36)30(41)34-26(27(39)17-37)15-19-13-14-33-29(19)40/h2-5,8-9,11-12,19-21,26,28,37H,6-7,10,13-17H2,1H3,(H,33,40)(H,34,41)(H,35,38). The number of amides is 4. The summed E-state index contributed by atoms with van der Waals surface area (Å²) < 4.78 is 0. The van der Waals surface area contributed by atoms with Gasteiger partial charge in [0.15, 0.2) is 11.3 Å². The molecule has 3 fully saturated rings. The van der Waals surface area contributed by atoms with E-state index in [1.54, 1.807) is 4.90 Å². The second-order valence-electron chi connectivity index (χ2n) is 12.0. The first kappa shape index (κ1) is 28.1. The summed E-state index contributed by atoms with van der Waals surface area (Å²) in [4.78, 5) is 68.4. The van der Waals surface area contributed by atoms with E-state index >= 15 is 0 Å². The molecule has 2 aromatic rings. The number of hydrogen-bond donors (Lipinski definition) is 4. The fourth-order valence-electron chi connectivity index (χ4n) is 7.78. The molecule has 0 spiro atoms. The third kappa shape index (κ3) is 4.48. The quantitative estimate of drug-likeness (QED) is 0.375. The molecule has 0 radical (unpaired) electrons. The Bertz CT molecular complexity index is 1410. The van der Waals surface area contributed by atoms with Crippen LogP contribution in [0.15, 0.2) is 48.5 Å². The molecule has 2 aliphatic heterocycles. The van der Waals surface area contributed by atoms with Gasteiger partial charge in [-0.1, -0.05) is 55.0 Å². The number of aliphatic hydroxyl groups excluding tert-OH is 1. The number of ketones is 1. The predicted molar refractivity (Wildman–Crippen MR) is 153 cm³/mol. The van der Waals surface area contributed by atoms with E-state index in [9.17, 15) is 29.1 Å². The number of benzene rings is 2. The van der Waals surface area contributed by atoms with Crippen LogP contribution < -0.4 is 16.0 Å².